The fourth-order valence-electron chi connectivity index (χ4n) is 3.98. The van der Waals surface area contributed by atoms with Crippen LogP contribution in [0.3, 0.4) is 0 Å². The Morgan fingerprint density at radius 2 is 1.86 bits per heavy atom. The molecule has 5 rings (SSSR count). The molecule has 5 aromatic rings. The van der Waals surface area contributed by atoms with Gasteiger partial charge in [-0.05, 0) is 60.5 Å². The van der Waals surface area contributed by atoms with Gasteiger partial charge in [-0.1, -0.05) is 17.3 Å². The van der Waals surface area contributed by atoms with E-state index in [1.807, 2.05) is 12.1 Å². The van der Waals surface area contributed by atoms with Gasteiger partial charge in [-0.2, -0.15) is 0 Å². The van der Waals surface area contributed by atoms with Crippen LogP contribution >= 0.6 is 0 Å². The monoisotopic (exact) mass is 498 g/mol. The van der Waals surface area contributed by atoms with Crippen molar-refractivity contribution < 1.29 is 23.8 Å². The molecule has 0 radical (unpaired) electrons. The molecule has 2 aromatic carbocycles. The van der Waals surface area contributed by atoms with E-state index in [0.29, 0.717) is 34.2 Å². The second-order valence-electron chi connectivity index (χ2n) is 8.54. The molecule has 186 valence electrons. The molecule has 0 aliphatic carbocycles. The number of Topliss-reactive ketones (excluding diaryl/α,β-unsaturated/α-hetero) is 1. The summed E-state index contributed by atoms with van der Waals surface area (Å²) in [4.78, 5) is 41.4. The number of carbonyl (C=O) groups excluding carboxylic acids is 1. The molecule has 1 N–H and O–H groups in total. The van der Waals surface area contributed by atoms with Gasteiger partial charge in [0.1, 0.15) is 23.5 Å². The quantitative estimate of drug-likeness (QED) is 0.284. The van der Waals surface area contributed by atoms with Crippen molar-refractivity contribution in [3.8, 4) is 5.75 Å². The third-order valence-corrected chi connectivity index (χ3v) is 6.02. The van der Waals surface area contributed by atoms with E-state index in [-0.39, 0.29) is 30.7 Å². The fraction of sp³-hybridized carbons (Fsp3) is 0.185. The lowest BCUT2D eigenvalue weighted by Gasteiger charge is -2.11. The topological polar surface area (TPSA) is 137 Å². The SMILES string of the molecule is O=C(CC(CCn1nnc2ccccc2c1=O)C(=O)O)c1cc2cc(OCc3ccncc3)ccc2o1. The summed E-state index contributed by atoms with van der Waals surface area (Å²) < 4.78 is 12.6. The average molecular weight is 498 g/mol. The molecule has 10 nitrogen and oxygen atoms in total. The lowest BCUT2D eigenvalue weighted by atomic mass is 9.98. The minimum atomic E-state index is -1.14. The van der Waals surface area contributed by atoms with Gasteiger partial charge in [0.15, 0.2) is 11.5 Å². The van der Waals surface area contributed by atoms with Gasteiger partial charge < -0.3 is 14.3 Å². The number of fused-ring (bicyclic) bond motifs is 2. The minimum Gasteiger partial charge on any atom is -0.489 e. The first kappa shape index (κ1) is 23.9. The smallest absolute Gasteiger partial charge is 0.307 e. The molecule has 0 saturated carbocycles. The van der Waals surface area contributed by atoms with Gasteiger partial charge in [0.2, 0.25) is 0 Å². The number of furan rings is 1. The molecule has 0 spiro atoms. The van der Waals surface area contributed by atoms with Crippen molar-refractivity contribution in [1.82, 2.24) is 20.0 Å². The number of ether oxygens (including phenoxy) is 1. The third kappa shape index (κ3) is 5.37. The molecular formula is C27H22N4O6. The normalized spacial score (nSPS) is 12.0. The number of hydrogen-bond acceptors (Lipinski definition) is 8. The predicted octanol–water partition coefficient (Wildman–Crippen LogP) is 3.88. The second-order valence-corrected chi connectivity index (χ2v) is 8.54. The molecule has 0 aliphatic rings. The number of carboxylic acids is 1. The number of aryl methyl sites for hydroxylation is 1. The van der Waals surface area contributed by atoms with Crippen LogP contribution in [-0.4, -0.2) is 36.8 Å². The van der Waals surface area contributed by atoms with Gasteiger partial charge in [-0.15, -0.1) is 5.10 Å². The Labute approximate surface area is 210 Å². The Bertz CT molecular complexity index is 1640. The van der Waals surface area contributed by atoms with Crippen LogP contribution in [0.2, 0.25) is 0 Å². The van der Waals surface area contributed by atoms with Crippen LogP contribution in [0.15, 0.2) is 82.3 Å². The Morgan fingerprint density at radius 3 is 2.68 bits per heavy atom. The number of rotatable bonds is 10. The van der Waals surface area contributed by atoms with Gasteiger partial charge in [0.05, 0.1) is 11.3 Å². The van der Waals surface area contributed by atoms with Crippen molar-refractivity contribution in [3.05, 3.63) is 94.7 Å². The van der Waals surface area contributed by atoms with Crippen molar-refractivity contribution >= 4 is 33.6 Å². The molecule has 3 heterocycles. The first-order valence-corrected chi connectivity index (χ1v) is 11.6. The molecule has 10 heteroatoms. The van der Waals surface area contributed by atoms with Crippen LogP contribution in [0.5, 0.6) is 5.75 Å². The van der Waals surface area contributed by atoms with Gasteiger partial charge in [0.25, 0.3) is 5.56 Å². The molecule has 0 saturated heterocycles. The van der Waals surface area contributed by atoms with E-state index in [1.165, 1.54) is 0 Å². The number of carbonyl (C=O) groups is 2. The zero-order valence-corrected chi connectivity index (χ0v) is 19.6. The summed E-state index contributed by atoms with van der Waals surface area (Å²) in [5.41, 5.74) is 1.56. The Kier molecular flexibility index (Phi) is 6.71. The number of nitrogens with zero attached hydrogens (tertiary/aromatic N) is 4. The predicted molar refractivity (Wildman–Crippen MR) is 133 cm³/mol. The number of ketones is 1. The summed E-state index contributed by atoms with van der Waals surface area (Å²) in [5.74, 6) is -1.94. The molecule has 1 atom stereocenters. The van der Waals surface area contributed by atoms with Crippen molar-refractivity contribution in [2.75, 3.05) is 0 Å². The maximum atomic E-state index is 12.9. The Balaban J connectivity index is 1.26. The van der Waals surface area contributed by atoms with Crippen molar-refractivity contribution in [3.63, 3.8) is 0 Å². The zero-order chi connectivity index (χ0) is 25.8. The van der Waals surface area contributed by atoms with Crippen LogP contribution in [0, 0.1) is 5.92 Å². The van der Waals surface area contributed by atoms with E-state index in [9.17, 15) is 19.5 Å². The first-order valence-electron chi connectivity index (χ1n) is 11.6. The standard InChI is InChI=1S/C27H22N4O6/c32-23(14-18(27(34)35)9-12-31-26(33)21-3-1-2-4-22(21)29-30-31)25-15-19-13-20(5-6-24(19)37-25)36-16-17-7-10-28-11-8-17/h1-8,10-11,13,15,18H,9,12,14,16H2,(H,34,35). The number of benzene rings is 2. The van der Waals surface area contributed by atoms with E-state index < -0.39 is 17.7 Å². The summed E-state index contributed by atoms with van der Waals surface area (Å²) in [5, 5.41) is 18.6. The molecular weight excluding hydrogens is 476 g/mol. The van der Waals surface area contributed by atoms with E-state index in [2.05, 4.69) is 15.3 Å². The van der Waals surface area contributed by atoms with Crippen LogP contribution < -0.4 is 10.3 Å². The number of pyridine rings is 1. The van der Waals surface area contributed by atoms with Crippen LogP contribution in [-0.2, 0) is 17.9 Å². The lowest BCUT2D eigenvalue weighted by molar-refractivity contribution is -0.142. The first-order chi connectivity index (χ1) is 18.0. The highest BCUT2D eigenvalue weighted by molar-refractivity contribution is 5.99. The minimum absolute atomic E-state index is 0.0131. The molecule has 1 unspecified atom stereocenters. The number of hydrogen-bond donors (Lipinski definition) is 1. The molecule has 0 bridgehead atoms. The van der Waals surface area contributed by atoms with Gasteiger partial charge in [-0.3, -0.25) is 19.4 Å². The van der Waals surface area contributed by atoms with E-state index in [0.717, 1.165) is 10.2 Å². The largest absolute Gasteiger partial charge is 0.489 e. The summed E-state index contributed by atoms with van der Waals surface area (Å²) >= 11 is 0. The second kappa shape index (κ2) is 10.4. The molecule has 0 fully saturated rings. The van der Waals surface area contributed by atoms with Gasteiger partial charge >= 0.3 is 5.97 Å². The number of aromatic nitrogens is 4. The Hall–Kier alpha value is -4.86. The van der Waals surface area contributed by atoms with Crippen molar-refractivity contribution in [2.24, 2.45) is 5.92 Å². The molecule has 37 heavy (non-hydrogen) atoms. The third-order valence-electron chi connectivity index (χ3n) is 6.02. The highest BCUT2D eigenvalue weighted by Crippen LogP contribution is 2.26. The molecule has 0 aliphatic heterocycles. The summed E-state index contributed by atoms with van der Waals surface area (Å²) in [6.45, 7) is 0.377. The van der Waals surface area contributed by atoms with E-state index >= 15 is 0 Å². The number of carboxylic acid groups (broad SMARTS) is 1. The van der Waals surface area contributed by atoms with Gasteiger partial charge in [-0.25, -0.2) is 4.68 Å². The zero-order valence-electron chi connectivity index (χ0n) is 19.6. The molecule has 0 amide bonds. The highest BCUT2D eigenvalue weighted by atomic mass is 16.5. The highest BCUT2D eigenvalue weighted by Gasteiger charge is 2.24. The summed E-state index contributed by atoms with van der Waals surface area (Å²) in [7, 11) is 0. The number of aliphatic carboxylic acids is 1. The van der Waals surface area contributed by atoms with E-state index in [1.54, 1.807) is 60.9 Å². The maximum Gasteiger partial charge on any atom is 0.307 e. The van der Waals surface area contributed by atoms with Crippen LogP contribution in [0.25, 0.3) is 21.9 Å². The van der Waals surface area contributed by atoms with Crippen LogP contribution in [0.1, 0.15) is 29.0 Å². The van der Waals surface area contributed by atoms with Crippen molar-refractivity contribution in [1.29, 1.82) is 0 Å². The summed E-state index contributed by atoms with van der Waals surface area (Å²) in [6.07, 6.45) is 3.12. The Morgan fingerprint density at radius 1 is 1.05 bits per heavy atom. The summed E-state index contributed by atoms with van der Waals surface area (Å²) in [6, 6.07) is 17.3. The van der Waals surface area contributed by atoms with Crippen molar-refractivity contribution in [2.45, 2.75) is 26.0 Å². The fourth-order valence-corrected chi connectivity index (χ4v) is 3.98. The maximum absolute atomic E-state index is 12.9. The lowest BCUT2D eigenvalue weighted by Crippen LogP contribution is -2.27. The van der Waals surface area contributed by atoms with Gasteiger partial charge in [0, 0.05) is 30.7 Å². The molecule has 3 aromatic heterocycles. The van der Waals surface area contributed by atoms with E-state index in [4.69, 9.17) is 9.15 Å². The average Bonchev–Trinajstić information content (AvgIpc) is 3.35. The van der Waals surface area contributed by atoms with Crippen LogP contribution in [0.4, 0.5) is 0 Å².